The molecule has 1 aromatic rings. The normalized spacial score (nSPS) is 20.8. The molecule has 0 radical (unpaired) electrons. The molecule has 2 rings (SSSR count). The molecule has 3 heteroatoms. The van der Waals surface area contributed by atoms with Gasteiger partial charge in [-0.1, -0.05) is 18.2 Å². The van der Waals surface area contributed by atoms with E-state index in [2.05, 4.69) is 5.32 Å². The summed E-state index contributed by atoms with van der Waals surface area (Å²) in [6.45, 7) is 4.08. The highest BCUT2D eigenvalue weighted by Gasteiger charge is 2.25. The van der Waals surface area contributed by atoms with Gasteiger partial charge in [0.05, 0.1) is 12.5 Å². The van der Waals surface area contributed by atoms with Crippen LogP contribution in [-0.2, 0) is 9.59 Å². The summed E-state index contributed by atoms with van der Waals surface area (Å²) in [4.78, 5) is 22.6. The summed E-state index contributed by atoms with van der Waals surface area (Å²) in [5.74, 6) is -0.147. The number of hydrogen-bond donors (Lipinski definition) is 1. The molecule has 0 aliphatic carbocycles. The predicted octanol–water partition coefficient (Wildman–Crippen LogP) is 1.82. The van der Waals surface area contributed by atoms with Crippen molar-refractivity contribution >= 4 is 11.7 Å². The van der Waals surface area contributed by atoms with E-state index < -0.39 is 0 Å². The molecule has 0 spiro atoms. The van der Waals surface area contributed by atoms with Crippen molar-refractivity contribution in [1.29, 1.82) is 0 Å². The Bertz CT molecular complexity index is 435. The number of ketones is 1. The molecule has 1 saturated heterocycles. The molecule has 3 nitrogen and oxygen atoms in total. The molecule has 84 valence electrons. The summed E-state index contributed by atoms with van der Waals surface area (Å²) < 4.78 is 0. The number of rotatable bonds is 1. The lowest BCUT2D eigenvalue weighted by atomic mass is 9.94. The van der Waals surface area contributed by atoms with Crippen LogP contribution in [0.1, 0.15) is 35.6 Å². The topological polar surface area (TPSA) is 46.2 Å². The van der Waals surface area contributed by atoms with Gasteiger partial charge in [0.1, 0.15) is 5.78 Å². The van der Waals surface area contributed by atoms with E-state index >= 15 is 0 Å². The van der Waals surface area contributed by atoms with Gasteiger partial charge in [-0.25, -0.2) is 0 Å². The fourth-order valence-electron chi connectivity index (χ4n) is 1.96. The molecule has 1 aromatic carbocycles. The minimum atomic E-state index is -0.167. The van der Waals surface area contributed by atoms with Gasteiger partial charge < -0.3 is 5.32 Å². The number of piperidine rings is 1. The monoisotopic (exact) mass is 217 g/mol. The average Bonchev–Trinajstić information content (AvgIpc) is 2.20. The van der Waals surface area contributed by atoms with Gasteiger partial charge in [-0.15, -0.1) is 0 Å². The summed E-state index contributed by atoms with van der Waals surface area (Å²) in [5.41, 5.74) is 3.42. The van der Waals surface area contributed by atoms with Gasteiger partial charge in [0, 0.05) is 6.42 Å². The van der Waals surface area contributed by atoms with E-state index in [0.29, 0.717) is 6.42 Å². The lowest BCUT2D eigenvalue weighted by molar-refractivity contribution is -0.132. The minimum Gasteiger partial charge on any atom is -0.348 e. The zero-order chi connectivity index (χ0) is 11.7. The van der Waals surface area contributed by atoms with E-state index in [1.165, 1.54) is 11.1 Å². The molecule has 0 saturated carbocycles. The molecule has 1 atom stereocenters. The van der Waals surface area contributed by atoms with Gasteiger partial charge in [0.25, 0.3) is 0 Å². The first kappa shape index (κ1) is 10.9. The van der Waals surface area contributed by atoms with Crippen molar-refractivity contribution in [3.63, 3.8) is 0 Å². The van der Waals surface area contributed by atoms with Crippen molar-refractivity contribution in [1.82, 2.24) is 5.32 Å². The summed E-state index contributed by atoms with van der Waals surface area (Å²) in [6.07, 6.45) is 0.440. The van der Waals surface area contributed by atoms with Crippen LogP contribution in [0, 0.1) is 13.8 Å². The molecule has 1 fully saturated rings. The Hall–Kier alpha value is -1.64. The third kappa shape index (κ3) is 2.13. The van der Waals surface area contributed by atoms with Crippen LogP contribution in [0.25, 0.3) is 0 Å². The van der Waals surface area contributed by atoms with Crippen molar-refractivity contribution < 1.29 is 9.59 Å². The number of carbonyl (C=O) groups excluding carboxylic acids is 2. The molecule has 1 aliphatic rings. The van der Waals surface area contributed by atoms with Crippen LogP contribution in [0.3, 0.4) is 0 Å². The second kappa shape index (κ2) is 4.08. The number of Topliss-reactive ketones (excluding diaryl/α,β-unsaturated/α-hetero) is 1. The lowest BCUT2D eigenvalue weighted by Crippen LogP contribution is -2.36. The number of carbonyl (C=O) groups is 2. The fourth-order valence-corrected chi connectivity index (χ4v) is 1.96. The predicted molar refractivity (Wildman–Crippen MR) is 61.0 cm³/mol. The summed E-state index contributed by atoms with van der Waals surface area (Å²) in [7, 11) is 0. The minimum absolute atomic E-state index is 0.0204. The van der Waals surface area contributed by atoms with Crippen molar-refractivity contribution in [2.75, 3.05) is 0 Å². The summed E-state index contributed by atoms with van der Waals surface area (Å²) >= 11 is 0. The number of aryl methyl sites for hydroxylation is 2. The Morgan fingerprint density at radius 2 is 1.94 bits per heavy atom. The number of hydrogen-bond acceptors (Lipinski definition) is 2. The first-order valence-corrected chi connectivity index (χ1v) is 5.44. The highest BCUT2D eigenvalue weighted by molar-refractivity contribution is 6.00. The Morgan fingerprint density at radius 1 is 1.19 bits per heavy atom. The Labute approximate surface area is 94.9 Å². The zero-order valence-corrected chi connectivity index (χ0v) is 9.54. The fraction of sp³-hybridized carbons (Fsp3) is 0.385. The molecule has 0 aromatic heterocycles. The quantitative estimate of drug-likeness (QED) is 0.729. The van der Waals surface area contributed by atoms with Crippen molar-refractivity contribution in [2.24, 2.45) is 0 Å². The van der Waals surface area contributed by atoms with Gasteiger partial charge in [0.2, 0.25) is 5.91 Å². The molecular weight excluding hydrogens is 202 g/mol. The highest BCUT2D eigenvalue weighted by Crippen LogP contribution is 2.23. The standard InChI is InChI=1S/C13H15NO2/c1-8-3-4-10(5-9(8)2)12-6-11(15)7-13(16)14-12/h3-5,12H,6-7H2,1-2H3,(H,14,16). The zero-order valence-electron chi connectivity index (χ0n) is 9.54. The molecule has 1 N–H and O–H groups in total. The van der Waals surface area contributed by atoms with Gasteiger partial charge >= 0.3 is 0 Å². The first-order valence-electron chi connectivity index (χ1n) is 5.44. The molecule has 1 aliphatic heterocycles. The van der Waals surface area contributed by atoms with Crippen LogP contribution in [0.4, 0.5) is 0 Å². The third-order valence-electron chi connectivity index (χ3n) is 3.06. The number of benzene rings is 1. The van der Waals surface area contributed by atoms with Crippen LogP contribution in [0.2, 0.25) is 0 Å². The van der Waals surface area contributed by atoms with Crippen molar-refractivity contribution in [3.8, 4) is 0 Å². The second-order valence-corrected chi connectivity index (χ2v) is 4.38. The van der Waals surface area contributed by atoms with Crippen LogP contribution >= 0.6 is 0 Å². The van der Waals surface area contributed by atoms with Gasteiger partial charge in [0.15, 0.2) is 0 Å². The van der Waals surface area contributed by atoms with E-state index in [1.54, 1.807) is 0 Å². The molecule has 1 heterocycles. The third-order valence-corrected chi connectivity index (χ3v) is 3.06. The Kier molecular flexibility index (Phi) is 2.77. The molecule has 0 bridgehead atoms. The number of amides is 1. The van der Waals surface area contributed by atoms with E-state index in [1.807, 2.05) is 32.0 Å². The molecule has 16 heavy (non-hydrogen) atoms. The SMILES string of the molecule is Cc1ccc(C2CC(=O)CC(=O)N2)cc1C. The Morgan fingerprint density at radius 3 is 2.56 bits per heavy atom. The van der Waals surface area contributed by atoms with Crippen LogP contribution in [-0.4, -0.2) is 11.7 Å². The summed E-state index contributed by atoms with van der Waals surface area (Å²) in [6, 6.07) is 5.90. The highest BCUT2D eigenvalue weighted by atomic mass is 16.2. The maximum atomic E-state index is 11.3. The number of nitrogens with one attached hydrogen (secondary N) is 1. The molecule has 1 amide bonds. The van der Waals surface area contributed by atoms with Crippen LogP contribution < -0.4 is 5.32 Å². The lowest BCUT2D eigenvalue weighted by Gasteiger charge is -2.23. The van der Waals surface area contributed by atoms with Crippen LogP contribution in [0.15, 0.2) is 18.2 Å². The Balaban J connectivity index is 2.26. The maximum absolute atomic E-state index is 11.3. The van der Waals surface area contributed by atoms with Crippen LogP contribution in [0.5, 0.6) is 0 Å². The smallest absolute Gasteiger partial charge is 0.227 e. The van der Waals surface area contributed by atoms with Gasteiger partial charge in [-0.05, 0) is 30.5 Å². The molecule has 1 unspecified atom stereocenters. The van der Waals surface area contributed by atoms with Crippen molar-refractivity contribution in [2.45, 2.75) is 32.7 Å². The first-order chi connectivity index (χ1) is 7.56. The second-order valence-electron chi connectivity index (χ2n) is 4.38. The van der Waals surface area contributed by atoms with E-state index in [0.717, 1.165) is 5.56 Å². The average molecular weight is 217 g/mol. The van der Waals surface area contributed by atoms with Crippen molar-refractivity contribution in [3.05, 3.63) is 34.9 Å². The molecular formula is C13H15NO2. The van der Waals surface area contributed by atoms with Gasteiger partial charge in [-0.3, -0.25) is 9.59 Å². The maximum Gasteiger partial charge on any atom is 0.227 e. The van der Waals surface area contributed by atoms with Gasteiger partial charge in [-0.2, -0.15) is 0 Å². The largest absolute Gasteiger partial charge is 0.348 e. The van der Waals surface area contributed by atoms with E-state index in [-0.39, 0.29) is 24.2 Å². The van der Waals surface area contributed by atoms with E-state index in [9.17, 15) is 9.59 Å². The summed E-state index contributed by atoms with van der Waals surface area (Å²) in [5, 5.41) is 2.85. The van der Waals surface area contributed by atoms with E-state index in [4.69, 9.17) is 0 Å².